The van der Waals surface area contributed by atoms with E-state index in [-0.39, 0.29) is 24.1 Å². The van der Waals surface area contributed by atoms with Gasteiger partial charge in [-0.15, -0.1) is 0 Å². The molecule has 1 heterocycles. The van der Waals surface area contributed by atoms with Crippen molar-refractivity contribution in [2.45, 2.75) is 26.3 Å². The van der Waals surface area contributed by atoms with Crippen molar-refractivity contribution in [3.63, 3.8) is 0 Å². The molecular weight excluding hydrogens is 453 g/mol. The predicted octanol–water partition coefficient (Wildman–Crippen LogP) is 4.73. The molecule has 0 saturated carbocycles. The molecule has 1 aromatic heterocycles. The van der Waals surface area contributed by atoms with Gasteiger partial charge >= 0.3 is 0 Å². The van der Waals surface area contributed by atoms with Gasteiger partial charge in [0.05, 0.1) is 29.2 Å². The molecule has 8 heteroatoms. The van der Waals surface area contributed by atoms with Crippen LogP contribution >= 0.6 is 0 Å². The maximum atomic E-state index is 13.3. The fourth-order valence-electron chi connectivity index (χ4n) is 3.86. The summed E-state index contributed by atoms with van der Waals surface area (Å²) in [4.78, 5) is 0. The maximum absolute atomic E-state index is 13.3. The van der Waals surface area contributed by atoms with E-state index in [4.69, 9.17) is 4.74 Å². The van der Waals surface area contributed by atoms with Gasteiger partial charge in [0.1, 0.15) is 18.2 Å². The zero-order valence-electron chi connectivity index (χ0n) is 19.2. The minimum Gasteiger partial charge on any atom is -0.492 e. The monoisotopic (exact) mass is 481 g/mol. The average molecular weight is 482 g/mol. The van der Waals surface area contributed by atoms with Gasteiger partial charge in [0.15, 0.2) is 0 Å². The summed E-state index contributed by atoms with van der Waals surface area (Å²) in [6, 6.07) is 21.0. The van der Waals surface area contributed by atoms with E-state index in [1.54, 1.807) is 23.0 Å². The molecule has 4 aromatic rings. The van der Waals surface area contributed by atoms with Crippen LogP contribution in [0.5, 0.6) is 5.75 Å². The molecule has 0 amide bonds. The Kier molecular flexibility index (Phi) is 7.29. The number of hydrogen-bond donors (Lipinski definition) is 1. The van der Waals surface area contributed by atoms with E-state index in [9.17, 15) is 12.8 Å². The minimum atomic E-state index is -3.44. The number of benzene rings is 3. The molecule has 0 aliphatic rings. The number of halogens is 1. The largest absolute Gasteiger partial charge is 0.492 e. The first-order valence-corrected chi connectivity index (χ1v) is 12.8. The number of nitrogens with one attached hydrogen (secondary N) is 1. The second-order valence-electron chi connectivity index (χ2n) is 8.74. The molecule has 1 unspecified atom stereocenters. The highest BCUT2D eigenvalue weighted by atomic mass is 32.2. The van der Waals surface area contributed by atoms with E-state index in [1.807, 2.05) is 62.4 Å². The van der Waals surface area contributed by atoms with Gasteiger partial charge in [0.2, 0.25) is 10.0 Å². The molecule has 0 aliphatic heterocycles. The molecule has 0 bridgehead atoms. The molecule has 34 heavy (non-hydrogen) atoms. The Morgan fingerprint density at radius 3 is 2.47 bits per heavy atom. The van der Waals surface area contributed by atoms with Gasteiger partial charge in [0.25, 0.3) is 0 Å². The highest BCUT2D eigenvalue weighted by Gasteiger charge is 2.20. The zero-order chi connectivity index (χ0) is 24.1. The average Bonchev–Trinajstić information content (AvgIpc) is 3.21. The van der Waals surface area contributed by atoms with Crippen LogP contribution in [0, 0.1) is 11.7 Å². The fraction of sp³-hybridized carbons (Fsp3) is 0.269. The molecule has 0 saturated heterocycles. The maximum Gasteiger partial charge on any atom is 0.212 e. The first-order chi connectivity index (χ1) is 16.3. The SMILES string of the molecule is CC(C)CS(=O)(=O)NC(COc1ccc2c(cnn2-c2ccc(F)cc2)c1)Cc1ccccc1. The molecule has 0 radical (unpaired) electrons. The normalized spacial score (nSPS) is 12.8. The topological polar surface area (TPSA) is 73.2 Å². The van der Waals surface area contributed by atoms with E-state index in [0.29, 0.717) is 12.2 Å². The summed E-state index contributed by atoms with van der Waals surface area (Å²) >= 11 is 0. The van der Waals surface area contributed by atoms with E-state index < -0.39 is 16.1 Å². The van der Waals surface area contributed by atoms with E-state index in [0.717, 1.165) is 22.2 Å². The van der Waals surface area contributed by atoms with Crippen LogP contribution in [0.1, 0.15) is 19.4 Å². The lowest BCUT2D eigenvalue weighted by Crippen LogP contribution is -2.42. The Labute approximate surface area is 199 Å². The van der Waals surface area contributed by atoms with Crippen molar-refractivity contribution in [3.8, 4) is 11.4 Å². The van der Waals surface area contributed by atoms with E-state index in [1.165, 1.54) is 12.1 Å². The Bertz CT molecular complexity index is 1340. The van der Waals surface area contributed by atoms with Crippen molar-refractivity contribution >= 4 is 20.9 Å². The third kappa shape index (κ3) is 6.21. The lowest BCUT2D eigenvalue weighted by atomic mass is 10.1. The van der Waals surface area contributed by atoms with Crippen LogP contribution in [0.15, 0.2) is 79.0 Å². The molecule has 0 aliphatic carbocycles. The van der Waals surface area contributed by atoms with E-state index >= 15 is 0 Å². The summed E-state index contributed by atoms with van der Waals surface area (Å²) in [6.45, 7) is 3.94. The van der Waals surface area contributed by atoms with Gasteiger partial charge in [-0.05, 0) is 60.4 Å². The van der Waals surface area contributed by atoms with Gasteiger partial charge in [-0.25, -0.2) is 22.2 Å². The Hall–Kier alpha value is -3.23. The van der Waals surface area contributed by atoms with Crippen LogP contribution in [0.2, 0.25) is 0 Å². The van der Waals surface area contributed by atoms with Crippen molar-refractivity contribution in [1.82, 2.24) is 14.5 Å². The number of ether oxygens (including phenoxy) is 1. The minimum absolute atomic E-state index is 0.0239. The molecule has 6 nitrogen and oxygen atoms in total. The highest BCUT2D eigenvalue weighted by molar-refractivity contribution is 7.89. The zero-order valence-corrected chi connectivity index (χ0v) is 20.0. The first-order valence-electron chi connectivity index (χ1n) is 11.2. The molecule has 178 valence electrons. The van der Waals surface area contributed by atoms with Gasteiger partial charge < -0.3 is 4.74 Å². The van der Waals surface area contributed by atoms with Gasteiger partial charge in [-0.3, -0.25) is 0 Å². The van der Waals surface area contributed by atoms with Crippen LogP contribution < -0.4 is 9.46 Å². The second kappa shape index (κ2) is 10.4. The van der Waals surface area contributed by atoms with E-state index in [2.05, 4.69) is 9.82 Å². The number of aromatic nitrogens is 2. The van der Waals surface area contributed by atoms with Crippen molar-refractivity contribution in [2.75, 3.05) is 12.4 Å². The standard InChI is InChI=1S/C26H28FN3O3S/c1-19(2)18-34(31,32)29-23(14-20-6-4-3-5-7-20)17-33-25-12-13-26-21(15-25)16-28-30(26)24-10-8-22(27)9-11-24/h3-13,15-16,19,23,29H,14,17-18H2,1-2H3. The lowest BCUT2D eigenvalue weighted by Gasteiger charge is -2.20. The van der Waals surface area contributed by atoms with Crippen LogP contribution in [-0.2, 0) is 16.4 Å². The first kappa shape index (κ1) is 23.9. The summed E-state index contributed by atoms with van der Waals surface area (Å²) in [5.41, 5.74) is 2.64. The van der Waals surface area contributed by atoms with Crippen LogP contribution in [0.4, 0.5) is 4.39 Å². The number of nitrogens with zero attached hydrogens (tertiary/aromatic N) is 2. The Balaban J connectivity index is 1.50. The number of hydrogen-bond acceptors (Lipinski definition) is 4. The summed E-state index contributed by atoms with van der Waals surface area (Å²) in [5, 5.41) is 5.27. The van der Waals surface area contributed by atoms with Crippen LogP contribution in [0.25, 0.3) is 16.6 Å². The summed E-state index contributed by atoms with van der Waals surface area (Å²) in [6.07, 6.45) is 2.24. The van der Waals surface area contributed by atoms with Crippen molar-refractivity contribution in [1.29, 1.82) is 0 Å². The van der Waals surface area contributed by atoms with Gasteiger partial charge in [-0.2, -0.15) is 5.10 Å². The Morgan fingerprint density at radius 2 is 1.76 bits per heavy atom. The van der Waals surface area contributed by atoms with Crippen LogP contribution in [0.3, 0.4) is 0 Å². The summed E-state index contributed by atoms with van der Waals surface area (Å²) in [7, 11) is -3.44. The smallest absolute Gasteiger partial charge is 0.212 e. The molecule has 3 aromatic carbocycles. The summed E-state index contributed by atoms with van der Waals surface area (Å²) < 4.78 is 49.0. The predicted molar refractivity (Wildman–Crippen MR) is 132 cm³/mol. The van der Waals surface area contributed by atoms with Crippen LogP contribution in [-0.4, -0.2) is 36.6 Å². The van der Waals surface area contributed by atoms with Crippen molar-refractivity contribution in [2.24, 2.45) is 5.92 Å². The number of fused-ring (bicyclic) bond motifs is 1. The second-order valence-corrected chi connectivity index (χ2v) is 10.5. The molecule has 4 rings (SSSR count). The lowest BCUT2D eigenvalue weighted by molar-refractivity contribution is 0.278. The van der Waals surface area contributed by atoms with Gasteiger partial charge in [0, 0.05) is 5.39 Å². The van der Waals surface area contributed by atoms with Gasteiger partial charge in [-0.1, -0.05) is 44.2 Å². The number of rotatable bonds is 10. The fourth-order valence-corrected chi connectivity index (χ4v) is 5.49. The molecule has 1 N–H and O–H groups in total. The number of sulfonamides is 1. The quantitative estimate of drug-likeness (QED) is 0.355. The molecule has 1 atom stereocenters. The third-order valence-electron chi connectivity index (χ3n) is 5.29. The Morgan fingerprint density at radius 1 is 1.03 bits per heavy atom. The highest BCUT2D eigenvalue weighted by Crippen LogP contribution is 2.24. The summed E-state index contributed by atoms with van der Waals surface area (Å²) in [5.74, 6) is 0.403. The van der Waals surface area contributed by atoms with Crippen molar-refractivity contribution in [3.05, 3.63) is 90.4 Å². The molecule has 0 fully saturated rings. The third-order valence-corrected chi connectivity index (χ3v) is 7.08. The molecule has 0 spiro atoms. The molecular formula is C26H28FN3O3S. The van der Waals surface area contributed by atoms with Crippen molar-refractivity contribution < 1.29 is 17.5 Å².